The Morgan fingerprint density at radius 2 is 1.85 bits per heavy atom. The van der Waals surface area contributed by atoms with E-state index >= 15 is 0 Å². The van der Waals surface area contributed by atoms with Crippen LogP contribution in [0.4, 0.5) is 5.69 Å². The maximum absolute atomic E-state index is 11.9. The molecular formula is C17H15NO9. The molecule has 0 aliphatic heterocycles. The third-order valence-corrected chi connectivity index (χ3v) is 3.35. The molecule has 0 atom stereocenters. The molecule has 0 aliphatic rings. The predicted molar refractivity (Wildman–Crippen MR) is 90.2 cm³/mol. The number of nitrogens with zero attached hydrogens (tertiary/aromatic N) is 1. The Morgan fingerprint density at radius 3 is 2.48 bits per heavy atom. The molecule has 0 aromatic heterocycles. The van der Waals surface area contributed by atoms with Crippen LogP contribution in [0.3, 0.4) is 0 Å². The topological polar surface area (TPSA) is 145 Å². The zero-order valence-electron chi connectivity index (χ0n) is 14.1. The zero-order chi connectivity index (χ0) is 20.0. The summed E-state index contributed by atoms with van der Waals surface area (Å²) in [7, 11) is 1.25. The Labute approximate surface area is 152 Å². The third-order valence-electron chi connectivity index (χ3n) is 3.35. The van der Waals surface area contributed by atoms with Gasteiger partial charge in [0.15, 0.2) is 13.2 Å². The number of methoxy groups -OCH3 is 1. The van der Waals surface area contributed by atoms with Crippen LogP contribution in [-0.4, -0.2) is 47.2 Å². The monoisotopic (exact) mass is 377 g/mol. The summed E-state index contributed by atoms with van der Waals surface area (Å²) in [6.07, 6.45) is 0. The van der Waals surface area contributed by atoms with Gasteiger partial charge < -0.3 is 24.4 Å². The van der Waals surface area contributed by atoms with E-state index in [1.165, 1.54) is 31.4 Å². The number of hydrogen-bond donors (Lipinski definition) is 2. The fraction of sp³-hybridized carbons (Fsp3) is 0.176. The molecule has 2 aromatic rings. The van der Waals surface area contributed by atoms with Crippen LogP contribution in [0.1, 0.15) is 10.4 Å². The molecule has 2 rings (SSSR count). The molecule has 10 heteroatoms. The van der Waals surface area contributed by atoms with Crippen molar-refractivity contribution in [1.29, 1.82) is 0 Å². The SMILES string of the molecule is COc1cc(OCC(=O)OCC(=O)c2ccc(O)cc2O)ccc1[N+](=O)[O-]. The van der Waals surface area contributed by atoms with Gasteiger partial charge in [-0.2, -0.15) is 0 Å². The fourth-order valence-electron chi connectivity index (χ4n) is 2.06. The molecule has 0 amide bonds. The molecule has 0 spiro atoms. The Hall–Kier alpha value is -3.82. The van der Waals surface area contributed by atoms with Crippen molar-refractivity contribution in [3.8, 4) is 23.0 Å². The Bertz CT molecular complexity index is 879. The Balaban J connectivity index is 1.89. The summed E-state index contributed by atoms with van der Waals surface area (Å²) in [5.74, 6) is -2.09. The lowest BCUT2D eigenvalue weighted by atomic mass is 10.1. The van der Waals surface area contributed by atoms with Crippen molar-refractivity contribution in [3.63, 3.8) is 0 Å². The minimum atomic E-state index is -0.862. The number of Topliss-reactive ketones (excluding diaryl/α,β-unsaturated/α-hetero) is 1. The van der Waals surface area contributed by atoms with Crippen LogP contribution in [-0.2, 0) is 9.53 Å². The van der Waals surface area contributed by atoms with Crippen LogP contribution in [0.15, 0.2) is 36.4 Å². The number of phenolic OH excluding ortho intramolecular Hbond substituents is 2. The zero-order valence-corrected chi connectivity index (χ0v) is 14.1. The lowest BCUT2D eigenvalue weighted by Crippen LogP contribution is -2.19. The normalized spacial score (nSPS) is 10.1. The van der Waals surface area contributed by atoms with Gasteiger partial charge in [-0.1, -0.05) is 0 Å². The molecule has 2 N–H and O–H groups in total. The molecule has 0 aliphatic carbocycles. The van der Waals surface area contributed by atoms with Crippen LogP contribution in [0, 0.1) is 10.1 Å². The predicted octanol–water partition coefficient (Wildman–Crippen LogP) is 1.82. The maximum atomic E-state index is 11.9. The minimum Gasteiger partial charge on any atom is -0.508 e. The molecule has 142 valence electrons. The molecule has 0 saturated heterocycles. The third kappa shape index (κ3) is 5.08. The molecule has 27 heavy (non-hydrogen) atoms. The summed E-state index contributed by atoms with van der Waals surface area (Å²) >= 11 is 0. The number of esters is 1. The van der Waals surface area contributed by atoms with Crippen LogP contribution in [0.25, 0.3) is 0 Å². The second-order valence-corrected chi connectivity index (χ2v) is 5.16. The molecule has 2 aromatic carbocycles. The van der Waals surface area contributed by atoms with Crippen molar-refractivity contribution in [3.05, 3.63) is 52.1 Å². The summed E-state index contributed by atoms with van der Waals surface area (Å²) in [6.45, 7) is -1.18. The van der Waals surface area contributed by atoms with Crippen molar-refractivity contribution in [1.82, 2.24) is 0 Å². The number of hydrogen-bond acceptors (Lipinski definition) is 9. The lowest BCUT2D eigenvalue weighted by Gasteiger charge is -2.09. The van der Waals surface area contributed by atoms with Gasteiger partial charge in [0.25, 0.3) is 0 Å². The average molecular weight is 377 g/mol. The maximum Gasteiger partial charge on any atom is 0.344 e. The molecule has 10 nitrogen and oxygen atoms in total. The summed E-state index contributed by atoms with van der Waals surface area (Å²) in [5, 5.41) is 29.6. The fourth-order valence-corrected chi connectivity index (χ4v) is 2.06. The van der Waals surface area contributed by atoms with Crippen LogP contribution >= 0.6 is 0 Å². The second-order valence-electron chi connectivity index (χ2n) is 5.16. The number of nitro groups is 1. The first-order valence-electron chi connectivity index (χ1n) is 7.48. The molecule has 0 radical (unpaired) electrons. The highest BCUT2D eigenvalue weighted by atomic mass is 16.6. The number of carbonyl (C=O) groups is 2. The van der Waals surface area contributed by atoms with E-state index in [0.717, 1.165) is 12.1 Å². The van der Waals surface area contributed by atoms with E-state index in [9.17, 15) is 29.9 Å². The molecule has 0 unspecified atom stereocenters. The van der Waals surface area contributed by atoms with E-state index < -0.39 is 35.6 Å². The van der Waals surface area contributed by atoms with E-state index in [2.05, 4.69) is 0 Å². The standard InChI is InChI=1S/C17H15NO9/c1-25-16-7-11(3-5-13(16)18(23)24)26-9-17(22)27-8-15(21)12-4-2-10(19)6-14(12)20/h2-7,19-20H,8-9H2,1H3. The van der Waals surface area contributed by atoms with Gasteiger partial charge in [-0.05, 0) is 18.2 Å². The number of benzene rings is 2. The van der Waals surface area contributed by atoms with Gasteiger partial charge in [0.1, 0.15) is 17.2 Å². The van der Waals surface area contributed by atoms with Crippen molar-refractivity contribution in [2.24, 2.45) is 0 Å². The number of aromatic hydroxyl groups is 2. The van der Waals surface area contributed by atoms with Crippen molar-refractivity contribution in [2.45, 2.75) is 0 Å². The number of ketones is 1. The summed E-state index contributed by atoms with van der Waals surface area (Å²) in [6, 6.07) is 7.08. The smallest absolute Gasteiger partial charge is 0.344 e. The first-order chi connectivity index (χ1) is 12.8. The van der Waals surface area contributed by atoms with Crippen molar-refractivity contribution < 1.29 is 38.9 Å². The molecule has 0 saturated carbocycles. The highest BCUT2D eigenvalue weighted by Crippen LogP contribution is 2.30. The van der Waals surface area contributed by atoms with E-state index in [1.54, 1.807) is 0 Å². The molecule has 0 heterocycles. The molecule has 0 bridgehead atoms. The van der Waals surface area contributed by atoms with Crippen molar-refractivity contribution >= 4 is 17.4 Å². The minimum absolute atomic E-state index is 0.0381. The lowest BCUT2D eigenvalue weighted by molar-refractivity contribution is -0.385. The van der Waals surface area contributed by atoms with Crippen LogP contribution < -0.4 is 9.47 Å². The van der Waals surface area contributed by atoms with Crippen molar-refractivity contribution in [2.75, 3.05) is 20.3 Å². The highest BCUT2D eigenvalue weighted by Gasteiger charge is 2.17. The van der Waals surface area contributed by atoms with E-state index in [4.69, 9.17) is 14.2 Å². The van der Waals surface area contributed by atoms with Gasteiger partial charge in [0.05, 0.1) is 17.6 Å². The van der Waals surface area contributed by atoms with E-state index in [1.807, 2.05) is 0 Å². The first-order valence-corrected chi connectivity index (χ1v) is 7.48. The number of rotatable bonds is 8. The quantitative estimate of drug-likeness (QED) is 0.304. The van der Waals surface area contributed by atoms with Gasteiger partial charge in [0, 0.05) is 18.2 Å². The van der Waals surface area contributed by atoms with Gasteiger partial charge in [-0.15, -0.1) is 0 Å². The largest absolute Gasteiger partial charge is 0.508 e. The van der Waals surface area contributed by atoms with Gasteiger partial charge >= 0.3 is 11.7 Å². The second kappa shape index (κ2) is 8.52. The number of carbonyl (C=O) groups excluding carboxylic acids is 2. The molecule has 0 fully saturated rings. The number of nitro benzene ring substituents is 1. The Kier molecular flexibility index (Phi) is 6.15. The van der Waals surface area contributed by atoms with Crippen LogP contribution in [0.5, 0.6) is 23.0 Å². The summed E-state index contributed by atoms with van der Waals surface area (Å²) in [5.41, 5.74) is -0.367. The molecular weight excluding hydrogens is 362 g/mol. The van der Waals surface area contributed by atoms with Gasteiger partial charge in [0.2, 0.25) is 11.5 Å². The Morgan fingerprint density at radius 1 is 1.11 bits per heavy atom. The van der Waals surface area contributed by atoms with E-state index in [0.29, 0.717) is 0 Å². The summed E-state index contributed by atoms with van der Waals surface area (Å²) in [4.78, 5) is 33.8. The number of ether oxygens (including phenoxy) is 3. The van der Waals surface area contributed by atoms with E-state index in [-0.39, 0.29) is 28.5 Å². The number of phenols is 2. The van der Waals surface area contributed by atoms with Crippen LogP contribution in [0.2, 0.25) is 0 Å². The summed E-state index contributed by atoms with van der Waals surface area (Å²) < 4.78 is 14.8. The first kappa shape index (κ1) is 19.5. The highest BCUT2D eigenvalue weighted by molar-refractivity contribution is 6.00. The van der Waals surface area contributed by atoms with Gasteiger partial charge in [-0.3, -0.25) is 14.9 Å². The average Bonchev–Trinajstić information content (AvgIpc) is 2.63. The van der Waals surface area contributed by atoms with Gasteiger partial charge in [-0.25, -0.2) is 4.79 Å².